The fraction of sp³-hybridized carbons (Fsp3) is 0.714. The summed E-state index contributed by atoms with van der Waals surface area (Å²) >= 11 is 0. The van der Waals surface area contributed by atoms with Crippen LogP contribution in [0.15, 0.2) is 12.4 Å². The molecule has 1 aliphatic carbocycles. The van der Waals surface area contributed by atoms with Crippen LogP contribution in [0.25, 0.3) is 0 Å². The summed E-state index contributed by atoms with van der Waals surface area (Å²) in [6.07, 6.45) is 7.70. The maximum Gasteiger partial charge on any atom is 0.129 e. The van der Waals surface area contributed by atoms with E-state index in [-0.39, 0.29) is 0 Å². The van der Waals surface area contributed by atoms with Crippen LogP contribution in [-0.2, 0) is 6.42 Å². The molecule has 1 aromatic rings. The number of likely N-dealkylation sites (N-methyl/N-ethyl adjacent to an activating group) is 1. The van der Waals surface area contributed by atoms with E-state index in [4.69, 9.17) is 0 Å². The van der Waals surface area contributed by atoms with Gasteiger partial charge in [-0.2, -0.15) is 0 Å². The van der Waals surface area contributed by atoms with Crippen LogP contribution in [0.2, 0.25) is 0 Å². The number of hydrogen-bond acceptors (Lipinski definition) is 4. The Kier molecular flexibility index (Phi) is 4.17. The van der Waals surface area contributed by atoms with Gasteiger partial charge in [0, 0.05) is 23.8 Å². The van der Waals surface area contributed by atoms with Crippen LogP contribution in [0, 0.1) is 0 Å². The summed E-state index contributed by atoms with van der Waals surface area (Å²) in [6, 6.07) is 2.07. The molecule has 2 rings (SSSR count). The largest absolute Gasteiger partial charge is 0.368 e. The topological polar surface area (TPSA) is 41.0 Å². The van der Waals surface area contributed by atoms with E-state index in [1.807, 2.05) is 0 Å². The van der Waals surface area contributed by atoms with Gasteiger partial charge in [0.25, 0.3) is 0 Å². The molecule has 18 heavy (non-hydrogen) atoms. The number of rotatable bonds is 6. The Bertz CT molecular complexity index is 385. The van der Waals surface area contributed by atoms with Crippen LogP contribution >= 0.6 is 0 Å². The standard InChI is InChI=1S/C14H24N4/c1-4-6-12-9-13(17-11-16-12)15-10-14(18(2)3)7-5-8-14/h9,11H,4-8,10H2,1-3H3,(H,15,16,17). The van der Waals surface area contributed by atoms with Crippen molar-refractivity contribution < 1.29 is 0 Å². The van der Waals surface area contributed by atoms with Gasteiger partial charge in [0.05, 0.1) is 0 Å². The third-order valence-electron chi connectivity index (χ3n) is 4.06. The fourth-order valence-electron chi connectivity index (χ4n) is 2.51. The number of anilines is 1. The molecule has 100 valence electrons. The van der Waals surface area contributed by atoms with Crippen LogP contribution < -0.4 is 5.32 Å². The Balaban J connectivity index is 1.95. The highest BCUT2D eigenvalue weighted by atomic mass is 15.2. The molecule has 0 atom stereocenters. The predicted octanol–water partition coefficient (Wildman–Crippen LogP) is 2.33. The monoisotopic (exact) mass is 248 g/mol. The van der Waals surface area contributed by atoms with Crippen LogP contribution in [-0.4, -0.2) is 41.0 Å². The summed E-state index contributed by atoms with van der Waals surface area (Å²) in [5.41, 5.74) is 1.46. The minimum absolute atomic E-state index is 0.329. The van der Waals surface area contributed by atoms with Gasteiger partial charge < -0.3 is 10.2 Å². The van der Waals surface area contributed by atoms with E-state index < -0.39 is 0 Å². The van der Waals surface area contributed by atoms with E-state index in [0.717, 1.165) is 30.9 Å². The first-order valence-electron chi connectivity index (χ1n) is 6.88. The summed E-state index contributed by atoms with van der Waals surface area (Å²) < 4.78 is 0. The number of hydrogen-bond donors (Lipinski definition) is 1. The first kappa shape index (κ1) is 13.3. The molecule has 0 spiro atoms. The van der Waals surface area contributed by atoms with Gasteiger partial charge >= 0.3 is 0 Å². The maximum absolute atomic E-state index is 4.30. The number of nitrogens with one attached hydrogen (secondary N) is 1. The van der Waals surface area contributed by atoms with E-state index in [0.29, 0.717) is 5.54 Å². The van der Waals surface area contributed by atoms with Gasteiger partial charge in [-0.15, -0.1) is 0 Å². The first-order chi connectivity index (χ1) is 8.66. The highest BCUT2D eigenvalue weighted by Crippen LogP contribution is 2.36. The van der Waals surface area contributed by atoms with Crippen LogP contribution in [0.3, 0.4) is 0 Å². The zero-order valence-electron chi connectivity index (χ0n) is 11.7. The Morgan fingerprint density at radius 3 is 2.67 bits per heavy atom. The van der Waals surface area contributed by atoms with Gasteiger partial charge in [0.2, 0.25) is 0 Å². The van der Waals surface area contributed by atoms with Crippen molar-refractivity contribution in [2.24, 2.45) is 0 Å². The second-order valence-corrected chi connectivity index (χ2v) is 5.47. The summed E-state index contributed by atoms with van der Waals surface area (Å²) in [5.74, 6) is 0.960. The number of nitrogens with zero attached hydrogens (tertiary/aromatic N) is 3. The number of aromatic nitrogens is 2. The van der Waals surface area contributed by atoms with Crippen molar-refractivity contribution in [2.45, 2.75) is 44.6 Å². The van der Waals surface area contributed by atoms with Crippen LogP contribution in [0.5, 0.6) is 0 Å². The molecule has 1 aliphatic rings. The molecule has 0 unspecified atom stereocenters. The predicted molar refractivity (Wildman–Crippen MR) is 74.8 cm³/mol. The van der Waals surface area contributed by atoms with Gasteiger partial charge in [-0.25, -0.2) is 9.97 Å². The molecular weight excluding hydrogens is 224 g/mol. The molecular formula is C14H24N4. The molecule has 4 nitrogen and oxygen atoms in total. The minimum atomic E-state index is 0.329. The molecule has 4 heteroatoms. The molecule has 1 aromatic heterocycles. The third kappa shape index (κ3) is 2.80. The third-order valence-corrected chi connectivity index (χ3v) is 4.06. The second kappa shape index (κ2) is 5.65. The van der Waals surface area contributed by atoms with Gasteiger partial charge in [-0.3, -0.25) is 0 Å². The summed E-state index contributed by atoms with van der Waals surface area (Å²) in [7, 11) is 4.34. The minimum Gasteiger partial charge on any atom is -0.368 e. The molecule has 1 N–H and O–H groups in total. The molecule has 0 amide bonds. The Hall–Kier alpha value is -1.16. The average Bonchev–Trinajstić information content (AvgIpc) is 2.28. The molecule has 0 saturated heterocycles. The molecule has 1 saturated carbocycles. The summed E-state index contributed by atoms with van der Waals surface area (Å²) in [5, 5.41) is 3.47. The van der Waals surface area contributed by atoms with Crippen molar-refractivity contribution >= 4 is 5.82 Å². The van der Waals surface area contributed by atoms with Crippen molar-refractivity contribution in [3.05, 3.63) is 18.1 Å². The van der Waals surface area contributed by atoms with Crippen molar-refractivity contribution in [3.63, 3.8) is 0 Å². The molecule has 0 radical (unpaired) electrons. The molecule has 0 aromatic carbocycles. The quantitative estimate of drug-likeness (QED) is 0.839. The van der Waals surface area contributed by atoms with Gasteiger partial charge in [0.15, 0.2) is 0 Å². The van der Waals surface area contributed by atoms with Gasteiger partial charge in [0.1, 0.15) is 12.1 Å². The lowest BCUT2D eigenvalue weighted by Gasteiger charge is -2.47. The summed E-state index contributed by atoms with van der Waals surface area (Å²) in [6.45, 7) is 3.15. The lowest BCUT2D eigenvalue weighted by Crippen LogP contribution is -2.54. The Labute approximate surface area is 110 Å². The van der Waals surface area contributed by atoms with Crippen LogP contribution in [0.1, 0.15) is 38.3 Å². The lowest BCUT2D eigenvalue weighted by molar-refractivity contribution is 0.0738. The van der Waals surface area contributed by atoms with E-state index in [9.17, 15) is 0 Å². The average molecular weight is 248 g/mol. The van der Waals surface area contributed by atoms with Gasteiger partial charge in [-0.05, 0) is 39.8 Å². The SMILES string of the molecule is CCCc1cc(NCC2(N(C)C)CCC2)ncn1. The van der Waals surface area contributed by atoms with Crippen LogP contribution in [0.4, 0.5) is 5.82 Å². The van der Waals surface area contributed by atoms with Gasteiger partial charge in [-0.1, -0.05) is 13.3 Å². The van der Waals surface area contributed by atoms with Crippen molar-refractivity contribution in [3.8, 4) is 0 Å². The summed E-state index contributed by atoms with van der Waals surface area (Å²) in [4.78, 5) is 10.9. The van der Waals surface area contributed by atoms with E-state index in [2.05, 4.69) is 47.3 Å². The normalized spacial score (nSPS) is 17.6. The smallest absolute Gasteiger partial charge is 0.129 e. The Morgan fingerprint density at radius 2 is 2.11 bits per heavy atom. The fourth-order valence-corrected chi connectivity index (χ4v) is 2.51. The molecule has 1 heterocycles. The maximum atomic E-state index is 4.30. The number of aryl methyl sites for hydroxylation is 1. The van der Waals surface area contributed by atoms with E-state index >= 15 is 0 Å². The molecule has 0 aliphatic heterocycles. The van der Waals surface area contributed by atoms with Crippen molar-refractivity contribution in [2.75, 3.05) is 26.0 Å². The highest BCUT2D eigenvalue weighted by molar-refractivity contribution is 5.35. The Morgan fingerprint density at radius 1 is 1.33 bits per heavy atom. The first-order valence-corrected chi connectivity index (χ1v) is 6.88. The molecule has 1 fully saturated rings. The highest BCUT2D eigenvalue weighted by Gasteiger charge is 2.38. The zero-order chi connectivity index (χ0) is 13.0. The lowest BCUT2D eigenvalue weighted by atomic mass is 9.75. The van der Waals surface area contributed by atoms with E-state index in [1.165, 1.54) is 19.3 Å². The second-order valence-electron chi connectivity index (χ2n) is 5.47. The zero-order valence-corrected chi connectivity index (χ0v) is 11.7. The molecule has 0 bridgehead atoms. The van der Waals surface area contributed by atoms with Crippen molar-refractivity contribution in [1.29, 1.82) is 0 Å². The van der Waals surface area contributed by atoms with Crippen molar-refractivity contribution in [1.82, 2.24) is 14.9 Å². The van der Waals surface area contributed by atoms with E-state index in [1.54, 1.807) is 6.33 Å².